The Labute approximate surface area is 101 Å². The Kier molecular flexibility index (Phi) is 5.09. The SMILES string of the molecule is CCc1cc(CC(C)=CCCBr)n(C)n1. The summed E-state index contributed by atoms with van der Waals surface area (Å²) in [5, 5.41) is 5.48. The number of halogens is 1. The molecule has 1 aromatic rings. The Hall–Kier alpha value is -0.570. The van der Waals surface area contributed by atoms with E-state index >= 15 is 0 Å². The van der Waals surface area contributed by atoms with Gasteiger partial charge in [-0.25, -0.2) is 0 Å². The topological polar surface area (TPSA) is 17.8 Å². The molecule has 15 heavy (non-hydrogen) atoms. The van der Waals surface area contributed by atoms with Gasteiger partial charge in [-0.05, 0) is 25.8 Å². The smallest absolute Gasteiger partial charge is 0.0624 e. The molecule has 1 rings (SSSR count). The monoisotopic (exact) mass is 270 g/mol. The first-order chi connectivity index (χ1) is 7.17. The molecule has 0 aliphatic heterocycles. The minimum Gasteiger partial charge on any atom is -0.272 e. The molecule has 0 amide bonds. The van der Waals surface area contributed by atoms with Crippen molar-refractivity contribution in [3.05, 3.63) is 29.1 Å². The highest BCUT2D eigenvalue weighted by Gasteiger charge is 2.03. The predicted molar refractivity (Wildman–Crippen MR) is 68.5 cm³/mol. The van der Waals surface area contributed by atoms with Gasteiger partial charge in [-0.2, -0.15) is 5.10 Å². The third-order valence-electron chi connectivity index (χ3n) is 2.45. The number of allylic oxidation sites excluding steroid dienone is 2. The maximum absolute atomic E-state index is 4.44. The second-order valence-corrected chi connectivity index (χ2v) is 4.60. The molecule has 3 heteroatoms. The summed E-state index contributed by atoms with van der Waals surface area (Å²) >= 11 is 3.43. The fraction of sp³-hybridized carbons (Fsp3) is 0.583. The summed E-state index contributed by atoms with van der Waals surface area (Å²) < 4.78 is 1.99. The Balaban J connectivity index is 2.67. The van der Waals surface area contributed by atoms with Crippen molar-refractivity contribution in [2.24, 2.45) is 7.05 Å². The van der Waals surface area contributed by atoms with Crippen LogP contribution in [0.25, 0.3) is 0 Å². The summed E-state index contributed by atoms with van der Waals surface area (Å²) in [5.74, 6) is 0. The predicted octanol–water partition coefficient (Wildman–Crippen LogP) is 3.26. The van der Waals surface area contributed by atoms with Crippen molar-refractivity contribution in [1.82, 2.24) is 9.78 Å². The molecule has 0 saturated carbocycles. The normalized spacial score (nSPS) is 12.1. The summed E-state index contributed by atoms with van der Waals surface area (Å²) in [7, 11) is 2.02. The third kappa shape index (κ3) is 3.82. The molecule has 0 aliphatic carbocycles. The quantitative estimate of drug-likeness (QED) is 0.593. The Morgan fingerprint density at radius 3 is 2.87 bits per heavy atom. The van der Waals surface area contributed by atoms with E-state index in [9.17, 15) is 0 Å². The van der Waals surface area contributed by atoms with E-state index in [-0.39, 0.29) is 0 Å². The highest BCUT2D eigenvalue weighted by Crippen LogP contribution is 2.10. The van der Waals surface area contributed by atoms with Gasteiger partial charge >= 0.3 is 0 Å². The molecule has 0 N–H and O–H groups in total. The second kappa shape index (κ2) is 6.11. The summed E-state index contributed by atoms with van der Waals surface area (Å²) in [5.41, 5.74) is 3.90. The molecule has 0 bridgehead atoms. The molecule has 0 fully saturated rings. The van der Waals surface area contributed by atoms with Crippen molar-refractivity contribution < 1.29 is 0 Å². The molecule has 0 radical (unpaired) electrons. The van der Waals surface area contributed by atoms with Crippen LogP contribution in [-0.4, -0.2) is 15.1 Å². The van der Waals surface area contributed by atoms with Crippen molar-refractivity contribution in [3.63, 3.8) is 0 Å². The maximum Gasteiger partial charge on any atom is 0.0624 e. The number of rotatable bonds is 5. The molecular formula is C12H19BrN2. The van der Waals surface area contributed by atoms with E-state index in [0.717, 1.165) is 24.6 Å². The molecule has 2 nitrogen and oxygen atoms in total. The zero-order valence-corrected chi connectivity index (χ0v) is 11.3. The standard InChI is InChI=1S/C12H19BrN2/c1-4-11-9-12(15(3)14-11)8-10(2)6-5-7-13/h6,9H,4-5,7-8H2,1-3H3. The van der Waals surface area contributed by atoms with Gasteiger partial charge in [-0.15, -0.1) is 0 Å². The van der Waals surface area contributed by atoms with Crippen molar-refractivity contribution in [1.29, 1.82) is 0 Å². The summed E-state index contributed by atoms with van der Waals surface area (Å²) in [6, 6.07) is 2.20. The van der Waals surface area contributed by atoms with E-state index in [0.29, 0.717) is 0 Å². The van der Waals surface area contributed by atoms with Gasteiger partial charge < -0.3 is 0 Å². The van der Waals surface area contributed by atoms with Crippen LogP contribution in [-0.2, 0) is 19.9 Å². The lowest BCUT2D eigenvalue weighted by Crippen LogP contribution is -1.99. The van der Waals surface area contributed by atoms with Crippen molar-refractivity contribution >= 4 is 15.9 Å². The van der Waals surface area contributed by atoms with Gasteiger partial charge in [0.2, 0.25) is 0 Å². The molecule has 84 valence electrons. The van der Waals surface area contributed by atoms with Crippen LogP contribution in [0.4, 0.5) is 0 Å². The third-order valence-corrected chi connectivity index (χ3v) is 2.91. The van der Waals surface area contributed by atoms with Crippen molar-refractivity contribution in [2.75, 3.05) is 5.33 Å². The summed E-state index contributed by atoms with van der Waals surface area (Å²) in [6.45, 7) is 4.32. The number of aryl methyl sites for hydroxylation is 2. The number of hydrogen-bond donors (Lipinski definition) is 0. The molecule has 0 aromatic carbocycles. The van der Waals surface area contributed by atoms with Gasteiger partial charge in [-0.1, -0.05) is 34.5 Å². The maximum atomic E-state index is 4.44. The average molecular weight is 271 g/mol. The number of hydrogen-bond acceptors (Lipinski definition) is 1. The number of nitrogens with zero attached hydrogens (tertiary/aromatic N) is 2. The highest BCUT2D eigenvalue weighted by atomic mass is 79.9. The minimum atomic E-state index is 1.01. The number of aromatic nitrogens is 2. The first-order valence-corrected chi connectivity index (χ1v) is 6.53. The van der Waals surface area contributed by atoms with E-state index in [1.807, 2.05) is 11.7 Å². The average Bonchev–Trinajstić information content (AvgIpc) is 2.57. The molecule has 0 saturated heterocycles. The highest BCUT2D eigenvalue weighted by molar-refractivity contribution is 9.09. The van der Waals surface area contributed by atoms with Crippen LogP contribution in [0.1, 0.15) is 31.7 Å². The van der Waals surface area contributed by atoms with E-state index in [2.05, 4.69) is 47.0 Å². The van der Waals surface area contributed by atoms with Gasteiger partial charge in [0.15, 0.2) is 0 Å². The van der Waals surface area contributed by atoms with E-state index in [1.165, 1.54) is 17.0 Å². The molecule has 0 spiro atoms. The Morgan fingerprint density at radius 2 is 2.33 bits per heavy atom. The van der Waals surface area contributed by atoms with E-state index in [4.69, 9.17) is 0 Å². The van der Waals surface area contributed by atoms with Gasteiger partial charge in [0.1, 0.15) is 0 Å². The molecule has 0 aliphatic rings. The largest absolute Gasteiger partial charge is 0.272 e. The van der Waals surface area contributed by atoms with E-state index in [1.54, 1.807) is 0 Å². The van der Waals surface area contributed by atoms with Gasteiger partial charge in [0.05, 0.1) is 5.69 Å². The van der Waals surface area contributed by atoms with Crippen LogP contribution < -0.4 is 0 Å². The summed E-state index contributed by atoms with van der Waals surface area (Å²) in [6.07, 6.45) is 5.41. The van der Waals surface area contributed by atoms with Crippen molar-refractivity contribution in [3.8, 4) is 0 Å². The molecule has 0 atom stereocenters. The fourth-order valence-electron chi connectivity index (χ4n) is 1.57. The zero-order chi connectivity index (χ0) is 11.3. The lowest BCUT2D eigenvalue weighted by molar-refractivity contribution is 0.707. The van der Waals surface area contributed by atoms with Gasteiger partial charge in [-0.3, -0.25) is 4.68 Å². The fourth-order valence-corrected chi connectivity index (χ4v) is 1.80. The first kappa shape index (κ1) is 12.5. The molecule has 1 heterocycles. The van der Waals surface area contributed by atoms with Gasteiger partial charge in [0, 0.05) is 24.5 Å². The van der Waals surface area contributed by atoms with Crippen LogP contribution >= 0.6 is 15.9 Å². The molecule has 0 unspecified atom stereocenters. The summed E-state index contributed by atoms with van der Waals surface area (Å²) in [4.78, 5) is 0. The van der Waals surface area contributed by atoms with Crippen LogP contribution in [0.3, 0.4) is 0 Å². The Morgan fingerprint density at radius 1 is 1.60 bits per heavy atom. The van der Waals surface area contributed by atoms with Crippen molar-refractivity contribution in [2.45, 2.75) is 33.1 Å². The van der Waals surface area contributed by atoms with Crippen LogP contribution in [0.2, 0.25) is 0 Å². The lowest BCUT2D eigenvalue weighted by Gasteiger charge is -2.01. The van der Waals surface area contributed by atoms with E-state index < -0.39 is 0 Å². The lowest BCUT2D eigenvalue weighted by atomic mass is 10.1. The molecule has 1 aromatic heterocycles. The minimum absolute atomic E-state index is 1.01. The van der Waals surface area contributed by atoms with Crippen LogP contribution in [0.5, 0.6) is 0 Å². The number of alkyl halides is 1. The Bertz CT molecular complexity index is 339. The molecular weight excluding hydrogens is 252 g/mol. The van der Waals surface area contributed by atoms with Gasteiger partial charge in [0.25, 0.3) is 0 Å². The van der Waals surface area contributed by atoms with Crippen LogP contribution in [0.15, 0.2) is 17.7 Å². The first-order valence-electron chi connectivity index (χ1n) is 5.40. The second-order valence-electron chi connectivity index (χ2n) is 3.81. The zero-order valence-electron chi connectivity index (χ0n) is 9.76. The van der Waals surface area contributed by atoms with Crippen LogP contribution in [0, 0.1) is 0 Å².